The monoisotopic (exact) mass is 286 g/mol. The first kappa shape index (κ1) is 13.2. The molecule has 0 N–H and O–H groups in total. The van der Waals surface area contributed by atoms with Crippen LogP contribution in [-0.2, 0) is 6.42 Å². The fourth-order valence-corrected chi connectivity index (χ4v) is 2.59. The van der Waals surface area contributed by atoms with Crippen molar-refractivity contribution in [3.8, 4) is 0 Å². The summed E-state index contributed by atoms with van der Waals surface area (Å²) in [5, 5.41) is 11.2. The quantitative estimate of drug-likeness (QED) is 0.493. The molecular formula is C15H11FN2O3. The summed E-state index contributed by atoms with van der Waals surface area (Å²) in [7, 11) is 0. The van der Waals surface area contributed by atoms with Crippen LogP contribution in [0.3, 0.4) is 0 Å². The van der Waals surface area contributed by atoms with Gasteiger partial charge in [-0.25, -0.2) is 4.39 Å². The predicted molar refractivity (Wildman–Crippen MR) is 75.6 cm³/mol. The summed E-state index contributed by atoms with van der Waals surface area (Å²) >= 11 is 0. The second-order valence-corrected chi connectivity index (χ2v) is 4.80. The van der Waals surface area contributed by atoms with Crippen molar-refractivity contribution in [1.82, 2.24) is 0 Å². The standard InChI is InChI=1S/C15H11FN2O3/c16-12-3-2-11-5-6-17(14(11)8-12)13-4-1-10(9-19)7-15(13)18(20)21/h1-4,7-9H,5-6H2. The van der Waals surface area contributed by atoms with Gasteiger partial charge in [-0.2, -0.15) is 0 Å². The molecule has 0 atom stereocenters. The van der Waals surface area contributed by atoms with Crippen molar-refractivity contribution < 1.29 is 14.1 Å². The van der Waals surface area contributed by atoms with E-state index >= 15 is 0 Å². The molecule has 3 rings (SSSR count). The van der Waals surface area contributed by atoms with E-state index in [2.05, 4.69) is 0 Å². The van der Waals surface area contributed by atoms with E-state index < -0.39 is 4.92 Å². The molecule has 1 heterocycles. The number of fused-ring (bicyclic) bond motifs is 1. The number of carbonyl (C=O) groups is 1. The van der Waals surface area contributed by atoms with Crippen LogP contribution in [0.2, 0.25) is 0 Å². The second-order valence-electron chi connectivity index (χ2n) is 4.80. The number of aldehydes is 1. The molecule has 0 aromatic heterocycles. The number of nitro benzene ring substituents is 1. The summed E-state index contributed by atoms with van der Waals surface area (Å²) in [4.78, 5) is 23.2. The third kappa shape index (κ3) is 2.24. The van der Waals surface area contributed by atoms with E-state index in [1.54, 1.807) is 11.0 Å². The van der Waals surface area contributed by atoms with Gasteiger partial charge >= 0.3 is 0 Å². The minimum atomic E-state index is -0.528. The van der Waals surface area contributed by atoms with Crippen LogP contribution in [0.1, 0.15) is 15.9 Å². The first-order valence-corrected chi connectivity index (χ1v) is 6.40. The molecule has 0 radical (unpaired) electrons. The Kier molecular flexibility index (Phi) is 3.13. The van der Waals surface area contributed by atoms with E-state index in [1.807, 2.05) is 0 Å². The number of nitrogens with zero attached hydrogens (tertiary/aromatic N) is 2. The van der Waals surface area contributed by atoms with Gasteiger partial charge in [0, 0.05) is 23.9 Å². The van der Waals surface area contributed by atoms with E-state index in [0.29, 0.717) is 30.6 Å². The molecule has 2 aromatic rings. The molecule has 0 saturated carbocycles. The van der Waals surface area contributed by atoms with Crippen molar-refractivity contribution in [3.05, 3.63) is 63.5 Å². The first-order chi connectivity index (χ1) is 10.1. The van der Waals surface area contributed by atoms with Crippen LogP contribution in [0.15, 0.2) is 36.4 Å². The third-order valence-corrected chi connectivity index (χ3v) is 3.57. The Balaban J connectivity index is 2.13. The lowest BCUT2D eigenvalue weighted by Crippen LogP contribution is -2.15. The molecule has 106 valence electrons. The molecule has 21 heavy (non-hydrogen) atoms. The van der Waals surface area contributed by atoms with Crippen LogP contribution in [0.25, 0.3) is 0 Å². The second kappa shape index (κ2) is 4.97. The van der Waals surface area contributed by atoms with E-state index in [1.165, 1.54) is 30.3 Å². The molecule has 0 amide bonds. The Morgan fingerprint density at radius 1 is 1.19 bits per heavy atom. The average Bonchev–Trinajstić information content (AvgIpc) is 2.89. The number of benzene rings is 2. The van der Waals surface area contributed by atoms with Crippen molar-refractivity contribution in [1.29, 1.82) is 0 Å². The molecule has 2 aromatic carbocycles. The normalized spacial score (nSPS) is 13.1. The molecular weight excluding hydrogens is 275 g/mol. The molecule has 0 aliphatic carbocycles. The van der Waals surface area contributed by atoms with Crippen LogP contribution < -0.4 is 4.90 Å². The fourth-order valence-electron chi connectivity index (χ4n) is 2.59. The summed E-state index contributed by atoms with van der Waals surface area (Å²) in [5.74, 6) is -0.382. The van der Waals surface area contributed by atoms with Crippen LogP contribution in [0.5, 0.6) is 0 Å². The van der Waals surface area contributed by atoms with Crippen LogP contribution in [-0.4, -0.2) is 17.8 Å². The number of hydrogen-bond donors (Lipinski definition) is 0. The number of nitro groups is 1. The minimum Gasteiger partial charge on any atom is -0.335 e. The number of rotatable bonds is 3. The van der Waals surface area contributed by atoms with Gasteiger partial charge in [0.05, 0.1) is 4.92 Å². The maximum Gasteiger partial charge on any atom is 0.293 e. The highest BCUT2D eigenvalue weighted by Crippen LogP contribution is 2.39. The van der Waals surface area contributed by atoms with Crippen LogP contribution in [0.4, 0.5) is 21.5 Å². The van der Waals surface area contributed by atoms with Gasteiger partial charge in [0.2, 0.25) is 0 Å². The molecule has 0 bridgehead atoms. The van der Waals surface area contributed by atoms with Crippen molar-refractivity contribution >= 4 is 23.3 Å². The van der Waals surface area contributed by atoms with Gasteiger partial charge in [0.25, 0.3) is 5.69 Å². The Hall–Kier alpha value is -2.76. The van der Waals surface area contributed by atoms with Crippen LogP contribution >= 0.6 is 0 Å². The number of hydrogen-bond acceptors (Lipinski definition) is 4. The zero-order valence-corrected chi connectivity index (χ0v) is 11.0. The summed E-state index contributed by atoms with van der Waals surface area (Å²) < 4.78 is 13.4. The maximum atomic E-state index is 13.4. The first-order valence-electron chi connectivity index (χ1n) is 6.40. The van der Waals surface area contributed by atoms with Gasteiger partial charge in [0.1, 0.15) is 17.8 Å². The molecule has 1 aliphatic heterocycles. The Morgan fingerprint density at radius 3 is 2.71 bits per heavy atom. The van der Waals surface area contributed by atoms with Crippen molar-refractivity contribution in [2.45, 2.75) is 6.42 Å². The summed E-state index contributed by atoms with van der Waals surface area (Å²) in [6.45, 7) is 0.542. The largest absolute Gasteiger partial charge is 0.335 e. The highest BCUT2D eigenvalue weighted by molar-refractivity contribution is 5.82. The number of halogens is 1. The highest BCUT2D eigenvalue weighted by Gasteiger charge is 2.27. The summed E-state index contributed by atoms with van der Waals surface area (Å²) in [6.07, 6.45) is 1.26. The fraction of sp³-hybridized carbons (Fsp3) is 0.133. The molecule has 5 nitrogen and oxygen atoms in total. The Morgan fingerprint density at radius 2 is 2.00 bits per heavy atom. The molecule has 6 heteroatoms. The number of carbonyl (C=O) groups excluding carboxylic acids is 1. The molecule has 0 saturated heterocycles. The minimum absolute atomic E-state index is 0.156. The van der Waals surface area contributed by atoms with Gasteiger partial charge < -0.3 is 4.90 Å². The van der Waals surface area contributed by atoms with Gasteiger partial charge in [-0.1, -0.05) is 6.07 Å². The lowest BCUT2D eigenvalue weighted by Gasteiger charge is -2.19. The molecule has 0 spiro atoms. The smallest absolute Gasteiger partial charge is 0.293 e. The summed E-state index contributed by atoms with van der Waals surface area (Å²) in [5.41, 5.74) is 2.04. The maximum absolute atomic E-state index is 13.4. The summed E-state index contributed by atoms with van der Waals surface area (Å²) in [6, 6.07) is 8.73. The van der Waals surface area contributed by atoms with Gasteiger partial charge in [-0.15, -0.1) is 0 Å². The molecule has 1 aliphatic rings. The topological polar surface area (TPSA) is 63.5 Å². The van der Waals surface area contributed by atoms with E-state index in [4.69, 9.17) is 0 Å². The zero-order valence-electron chi connectivity index (χ0n) is 11.0. The molecule has 0 unspecified atom stereocenters. The lowest BCUT2D eigenvalue weighted by molar-refractivity contribution is -0.384. The van der Waals surface area contributed by atoms with Gasteiger partial charge in [-0.05, 0) is 36.2 Å². The average molecular weight is 286 g/mol. The zero-order chi connectivity index (χ0) is 15.0. The van der Waals surface area contributed by atoms with E-state index in [0.717, 1.165) is 5.56 Å². The highest BCUT2D eigenvalue weighted by atomic mass is 19.1. The predicted octanol–water partition coefficient (Wildman–Crippen LogP) is 3.24. The molecule has 0 fully saturated rings. The Labute approximate surface area is 119 Å². The third-order valence-electron chi connectivity index (χ3n) is 3.57. The Bertz CT molecular complexity index is 746. The van der Waals surface area contributed by atoms with E-state index in [9.17, 15) is 19.3 Å². The van der Waals surface area contributed by atoms with Crippen molar-refractivity contribution in [2.24, 2.45) is 0 Å². The number of anilines is 2. The SMILES string of the molecule is O=Cc1ccc(N2CCc3ccc(F)cc32)c([N+](=O)[O-])c1. The van der Waals surface area contributed by atoms with Gasteiger partial charge in [-0.3, -0.25) is 14.9 Å². The van der Waals surface area contributed by atoms with Crippen molar-refractivity contribution in [3.63, 3.8) is 0 Å². The van der Waals surface area contributed by atoms with E-state index in [-0.39, 0.29) is 17.1 Å². The van der Waals surface area contributed by atoms with Gasteiger partial charge in [0.15, 0.2) is 0 Å². The van der Waals surface area contributed by atoms with Crippen LogP contribution in [0, 0.1) is 15.9 Å². The lowest BCUT2D eigenvalue weighted by atomic mass is 10.1. The van der Waals surface area contributed by atoms with Crippen molar-refractivity contribution in [2.75, 3.05) is 11.4 Å².